The second-order valence-electron chi connectivity index (χ2n) is 3.66. The summed E-state index contributed by atoms with van der Waals surface area (Å²) in [5.74, 6) is 0. The molecule has 0 aliphatic heterocycles. The fraction of sp³-hybridized carbons (Fsp3) is 0. The van der Waals surface area contributed by atoms with E-state index in [2.05, 4.69) is 5.32 Å². The zero-order chi connectivity index (χ0) is 12.3. The van der Waals surface area contributed by atoms with Gasteiger partial charge in [-0.25, -0.2) is 0 Å². The average Bonchev–Trinajstić information content (AvgIpc) is 2.34. The third-order valence-electron chi connectivity index (χ3n) is 2.37. The second kappa shape index (κ2) is 4.45. The van der Waals surface area contributed by atoms with E-state index in [4.69, 9.17) is 16.7 Å². The molecule has 0 unspecified atom stereocenters. The van der Waals surface area contributed by atoms with Crippen LogP contribution in [0.1, 0.15) is 5.56 Å². The highest BCUT2D eigenvalue weighted by Crippen LogP contribution is 2.24. The van der Waals surface area contributed by atoms with Gasteiger partial charge in [0.15, 0.2) is 0 Å². The van der Waals surface area contributed by atoms with E-state index >= 15 is 0 Å². The lowest BCUT2D eigenvalue weighted by Crippen LogP contribution is -1.97. The summed E-state index contributed by atoms with van der Waals surface area (Å²) in [6.45, 7) is 0. The Bertz CT molecular complexity index is 567. The summed E-state index contributed by atoms with van der Waals surface area (Å²) in [7, 11) is 0. The molecule has 0 aliphatic carbocycles. The second-order valence-corrected chi connectivity index (χ2v) is 3.66. The topological polar surface area (TPSA) is 87.9 Å². The molecule has 0 saturated carbocycles. The molecule has 0 amide bonds. The fourth-order valence-corrected chi connectivity index (χ4v) is 1.47. The summed E-state index contributed by atoms with van der Waals surface area (Å²) in [6, 6.07) is 14.5. The minimum Gasteiger partial charge on any atom is -0.399 e. The number of nitrogens with one attached hydrogen (secondary N) is 1. The minimum atomic E-state index is 0.542. The number of benzene rings is 2. The lowest BCUT2D eigenvalue weighted by atomic mass is 10.2. The first-order valence-corrected chi connectivity index (χ1v) is 5.11. The van der Waals surface area contributed by atoms with Crippen LogP contribution in [0.4, 0.5) is 22.7 Å². The molecule has 4 nitrogen and oxygen atoms in total. The Morgan fingerprint density at radius 1 is 1.00 bits per heavy atom. The van der Waals surface area contributed by atoms with E-state index in [0.29, 0.717) is 16.9 Å². The van der Waals surface area contributed by atoms with Crippen LogP contribution >= 0.6 is 0 Å². The van der Waals surface area contributed by atoms with Gasteiger partial charge in [0.2, 0.25) is 0 Å². The fourth-order valence-electron chi connectivity index (χ4n) is 1.47. The molecule has 0 atom stereocenters. The van der Waals surface area contributed by atoms with E-state index in [1.54, 1.807) is 18.2 Å². The van der Waals surface area contributed by atoms with Gasteiger partial charge in [0.25, 0.3) is 0 Å². The number of hydrogen-bond acceptors (Lipinski definition) is 4. The van der Waals surface area contributed by atoms with E-state index in [1.807, 2.05) is 30.3 Å². The van der Waals surface area contributed by atoms with Crippen LogP contribution in [0.5, 0.6) is 0 Å². The van der Waals surface area contributed by atoms with E-state index in [1.165, 1.54) is 0 Å². The van der Waals surface area contributed by atoms with Gasteiger partial charge in [-0.3, -0.25) is 0 Å². The SMILES string of the molecule is N#Cc1ccc(Nc2ccc(N)cc2)c(N)c1. The summed E-state index contributed by atoms with van der Waals surface area (Å²) in [5.41, 5.74) is 14.9. The Morgan fingerprint density at radius 2 is 1.71 bits per heavy atom. The van der Waals surface area contributed by atoms with Crippen molar-refractivity contribution >= 4 is 22.7 Å². The number of nitrogens with two attached hydrogens (primary N) is 2. The molecule has 0 bridgehead atoms. The van der Waals surface area contributed by atoms with Gasteiger partial charge < -0.3 is 16.8 Å². The van der Waals surface area contributed by atoms with Crippen LogP contribution in [-0.4, -0.2) is 0 Å². The quantitative estimate of drug-likeness (QED) is 0.684. The van der Waals surface area contributed by atoms with Crippen LogP contribution in [0.15, 0.2) is 42.5 Å². The molecule has 17 heavy (non-hydrogen) atoms. The molecule has 2 rings (SSSR count). The first kappa shape index (κ1) is 10.8. The first-order valence-electron chi connectivity index (χ1n) is 5.11. The first-order chi connectivity index (χ1) is 8.19. The predicted molar refractivity (Wildman–Crippen MR) is 69.7 cm³/mol. The van der Waals surface area contributed by atoms with E-state index in [0.717, 1.165) is 11.4 Å². The van der Waals surface area contributed by atoms with E-state index in [-0.39, 0.29) is 0 Å². The zero-order valence-electron chi connectivity index (χ0n) is 9.14. The molecule has 2 aromatic carbocycles. The third kappa shape index (κ3) is 2.47. The van der Waals surface area contributed by atoms with Crippen LogP contribution in [0.3, 0.4) is 0 Å². The zero-order valence-corrected chi connectivity index (χ0v) is 9.14. The Hall–Kier alpha value is -2.67. The minimum absolute atomic E-state index is 0.542. The smallest absolute Gasteiger partial charge is 0.0992 e. The highest BCUT2D eigenvalue weighted by Gasteiger charge is 2.01. The molecule has 4 heteroatoms. The molecular formula is C13H12N4. The standard InChI is InChI=1S/C13H12N4/c14-8-9-1-6-13(12(16)7-9)17-11-4-2-10(15)3-5-11/h1-7,17H,15-16H2. The van der Waals surface area contributed by atoms with Crippen molar-refractivity contribution in [1.82, 2.24) is 0 Å². The number of anilines is 4. The number of nitrogen functional groups attached to an aromatic ring is 2. The number of hydrogen-bond donors (Lipinski definition) is 3. The maximum atomic E-state index is 8.73. The van der Waals surface area contributed by atoms with Gasteiger partial charge in [-0.1, -0.05) is 0 Å². The van der Waals surface area contributed by atoms with Gasteiger partial charge in [0.05, 0.1) is 23.0 Å². The highest BCUT2D eigenvalue weighted by atomic mass is 14.9. The molecule has 0 aromatic heterocycles. The average molecular weight is 224 g/mol. The molecule has 0 aliphatic rings. The Morgan fingerprint density at radius 3 is 2.29 bits per heavy atom. The van der Waals surface area contributed by atoms with Gasteiger partial charge in [-0.2, -0.15) is 5.26 Å². The van der Waals surface area contributed by atoms with Gasteiger partial charge >= 0.3 is 0 Å². The summed E-state index contributed by atoms with van der Waals surface area (Å²) >= 11 is 0. The number of nitrogens with zero attached hydrogens (tertiary/aromatic N) is 1. The van der Waals surface area contributed by atoms with Crippen molar-refractivity contribution in [2.24, 2.45) is 0 Å². The molecular weight excluding hydrogens is 212 g/mol. The molecule has 0 radical (unpaired) electrons. The van der Waals surface area contributed by atoms with E-state index < -0.39 is 0 Å². The van der Waals surface area contributed by atoms with Crippen molar-refractivity contribution in [2.45, 2.75) is 0 Å². The van der Waals surface area contributed by atoms with Crippen molar-refractivity contribution in [2.75, 3.05) is 16.8 Å². The summed E-state index contributed by atoms with van der Waals surface area (Å²) in [4.78, 5) is 0. The van der Waals surface area contributed by atoms with Crippen LogP contribution in [0.2, 0.25) is 0 Å². The lowest BCUT2D eigenvalue weighted by molar-refractivity contribution is 1.47. The van der Waals surface area contributed by atoms with Crippen molar-refractivity contribution in [1.29, 1.82) is 5.26 Å². The van der Waals surface area contributed by atoms with Crippen molar-refractivity contribution in [3.63, 3.8) is 0 Å². The molecule has 0 spiro atoms. The summed E-state index contributed by atoms with van der Waals surface area (Å²) in [6.07, 6.45) is 0. The largest absolute Gasteiger partial charge is 0.399 e. The van der Waals surface area contributed by atoms with Crippen LogP contribution in [0, 0.1) is 11.3 Å². The van der Waals surface area contributed by atoms with Crippen molar-refractivity contribution in [3.05, 3.63) is 48.0 Å². The Kier molecular flexibility index (Phi) is 2.84. The van der Waals surface area contributed by atoms with E-state index in [9.17, 15) is 0 Å². The maximum absolute atomic E-state index is 8.73. The number of nitriles is 1. The molecule has 2 aromatic rings. The molecule has 0 fully saturated rings. The predicted octanol–water partition coefficient (Wildman–Crippen LogP) is 2.47. The summed E-state index contributed by atoms with van der Waals surface area (Å²) in [5, 5.41) is 11.9. The molecule has 84 valence electrons. The molecule has 0 heterocycles. The van der Waals surface area contributed by atoms with Crippen LogP contribution in [0.25, 0.3) is 0 Å². The molecule has 5 N–H and O–H groups in total. The van der Waals surface area contributed by atoms with Gasteiger partial charge in [0.1, 0.15) is 0 Å². The highest BCUT2D eigenvalue weighted by molar-refractivity contribution is 5.74. The lowest BCUT2D eigenvalue weighted by Gasteiger charge is -2.09. The maximum Gasteiger partial charge on any atom is 0.0992 e. The normalized spacial score (nSPS) is 9.59. The van der Waals surface area contributed by atoms with Crippen molar-refractivity contribution < 1.29 is 0 Å². The van der Waals surface area contributed by atoms with Gasteiger partial charge in [0, 0.05) is 11.4 Å². The summed E-state index contributed by atoms with van der Waals surface area (Å²) < 4.78 is 0. The Balaban J connectivity index is 2.25. The van der Waals surface area contributed by atoms with Crippen molar-refractivity contribution in [3.8, 4) is 6.07 Å². The third-order valence-corrected chi connectivity index (χ3v) is 2.37. The van der Waals surface area contributed by atoms with Gasteiger partial charge in [-0.15, -0.1) is 0 Å². The Labute approximate surface area is 99.5 Å². The monoisotopic (exact) mass is 224 g/mol. The van der Waals surface area contributed by atoms with Gasteiger partial charge in [-0.05, 0) is 42.5 Å². The van der Waals surface area contributed by atoms with Crippen LogP contribution in [-0.2, 0) is 0 Å². The van der Waals surface area contributed by atoms with Crippen LogP contribution < -0.4 is 16.8 Å². The number of rotatable bonds is 2. The molecule has 0 saturated heterocycles.